The predicted molar refractivity (Wildman–Crippen MR) is 113 cm³/mol. The first-order chi connectivity index (χ1) is 14.9. The van der Waals surface area contributed by atoms with Gasteiger partial charge in [0.1, 0.15) is 5.02 Å². The van der Waals surface area contributed by atoms with Crippen molar-refractivity contribution in [2.45, 2.75) is 13.5 Å². The van der Waals surface area contributed by atoms with Crippen molar-refractivity contribution in [2.24, 2.45) is 0 Å². The number of rotatable bonds is 5. The first-order valence-corrected chi connectivity index (χ1v) is 10.1. The summed E-state index contributed by atoms with van der Waals surface area (Å²) in [7, 11) is 0. The minimum atomic E-state index is -0.588. The number of amides is 1. The number of aryl methyl sites for hydroxylation is 1. The average molecular weight is 442 g/mol. The van der Waals surface area contributed by atoms with E-state index in [4.69, 9.17) is 11.6 Å². The summed E-state index contributed by atoms with van der Waals surface area (Å²) in [5.41, 5.74) is 2.04. The molecule has 4 rings (SSSR count). The number of tetrazole rings is 1. The van der Waals surface area contributed by atoms with Gasteiger partial charge in [-0.1, -0.05) is 29.3 Å². The number of nitro groups is 1. The van der Waals surface area contributed by atoms with Gasteiger partial charge in [0.2, 0.25) is 0 Å². The van der Waals surface area contributed by atoms with E-state index < -0.39 is 4.92 Å². The van der Waals surface area contributed by atoms with Crippen molar-refractivity contribution in [3.63, 3.8) is 0 Å². The number of hydrogen-bond donors (Lipinski definition) is 0. The zero-order valence-corrected chi connectivity index (χ0v) is 17.6. The van der Waals surface area contributed by atoms with Gasteiger partial charge < -0.3 is 4.90 Å². The fourth-order valence-corrected chi connectivity index (χ4v) is 3.65. The van der Waals surface area contributed by atoms with Crippen LogP contribution in [0.2, 0.25) is 5.02 Å². The molecule has 0 spiro atoms. The van der Waals surface area contributed by atoms with Gasteiger partial charge in [0.05, 0.1) is 17.2 Å². The summed E-state index contributed by atoms with van der Waals surface area (Å²) in [5, 5.41) is 23.1. The molecule has 31 heavy (non-hydrogen) atoms. The maximum Gasteiger partial charge on any atom is 0.288 e. The number of aromatic nitrogens is 4. The van der Waals surface area contributed by atoms with Crippen LogP contribution in [0.5, 0.6) is 0 Å². The topological polar surface area (TPSA) is 110 Å². The van der Waals surface area contributed by atoms with Crippen molar-refractivity contribution in [3.8, 4) is 5.69 Å². The molecule has 3 aromatic rings. The van der Waals surface area contributed by atoms with Crippen LogP contribution in [-0.4, -0.2) is 67.0 Å². The quantitative estimate of drug-likeness (QED) is 0.441. The number of halogens is 1. The Morgan fingerprint density at radius 1 is 1.13 bits per heavy atom. The second-order valence-electron chi connectivity index (χ2n) is 7.33. The van der Waals surface area contributed by atoms with Gasteiger partial charge in [0.25, 0.3) is 11.6 Å². The molecule has 1 aliphatic rings. The van der Waals surface area contributed by atoms with Crippen LogP contribution in [0.1, 0.15) is 21.7 Å². The van der Waals surface area contributed by atoms with Crippen molar-refractivity contribution in [3.05, 3.63) is 74.6 Å². The summed E-state index contributed by atoms with van der Waals surface area (Å²) in [6.45, 7) is 4.86. The second kappa shape index (κ2) is 8.78. The maximum absolute atomic E-state index is 12.8. The monoisotopic (exact) mass is 441 g/mol. The zero-order valence-electron chi connectivity index (χ0n) is 16.8. The number of carbonyl (C=O) groups is 1. The average Bonchev–Trinajstić information content (AvgIpc) is 3.22. The van der Waals surface area contributed by atoms with Crippen LogP contribution in [0, 0.1) is 17.0 Å². The predicted octanol–water partition coefficient (Wildman–Crippen LogP) is 2.49. The summed E-state index contributed by atoms with van der Waals surface area (Å²) in [5.74, 6) is 0.473. The lowest BCUT2D eigenvalue weighted by molar-refractivity contribution is -0.384. The molecule has 0 radical (unpaired) electrons. The third kappa shape index (κ3) is 4.54. The number of hydrogen-bond acceptors (Lipinski definition) is 7. The van der Waals surface area contributed by atoms with Crippen LogP contribution in [-0.2, 0) is 6.54 Å². The first kappa shape index (κ1) is 20.9. The third-order valence-corrected chi connectivity index (χ3v) is 5.55. The number of carbonyl (C=O) groups excluding carboxylic acids is 1. The summed E-state index contributed by atoms with van der Waals surface area (Å²) in [6, 6.07) is 12.1. The smallest absolute Gasteiger partial charge is 0.288 e. The van der Waals surface area contributed by atoms with Crippen molar-refractivity contribution in [1.82, 2.24) is 30.0 Å². The van der Waals surface area contributed by atoms with Gasteiger partial charge in [-0.15, -0.1) is 5.10 Å². The molecule has 2 heterocycles. The lowest BCUT2D eigenvalue weighted by Crippen LogP contribution is -2.48. The largest absolute Gasteiger partial charge is 0.336 e. The van der Waals surface area contributed by atoms with E-state index in [2.05, 4.69) is 20.4 Å². The molecule has 11 heteroatoms. The summed E-state index contributed by atoms with van der Waals surface area (Å²) < 4.78 is 1.71. The van der Waals surface area contributed by atoms with E-state index >= 15 is 0 Å². The highest BCUT2D eigenvalue weighted by Crippen LogP contribution is 2.26. The van der Waals surface area contributed by atoms with Gasteiger partial charge >= 0.3 is 0 Å². The minimum Gasteiger partial charge on any atom is -0.336 e. The molecule has 1 saturated heterocycles. The van der Waals surface area contributed by atoms with Gasteiger partial charge in [-0.2, -0.15) is 4.68 Å². The molecule has 10 nitrogen and oxygen atoms in total. The second-order valence-corrected chi connectivity index (χ2v) is 7.74. The molecule has 0 N–H and O–H groups in total. The highest BCUT2D eigenvalue weighted by molar-refractivity contribution is 6.32. The molecule has 0 saturated carbocycles. The Bertz CT molecular complexity index is 1110. The summed E-state index contributed by atoms with van der Waals surface area (Å²) in [4.78, 5) is 27.1. The Hall–Kier alpha value is -3.37. The number of nitrogens with zero attached hydrogens (tertiary/aromatic N) is 7. The molecule has 1 aliphatic heterocycles. The molecule has 160 valence electrons. The lowest BCUT2D eigenvalue weighted by Gasteiger charge is -2.34. The Labute approximate surface area is 183 Å². The van der Waals surface area contributed by atoms with E-state index in [0.717, 1.165) is 17.1 Å². The standard InChI is InChI=1S/C20H20ClN7O3/c1-14-2-5-16(6-3-14)27-19(22-23-24-27)13-25-8-10-26(11-9-25)20(29)15-4-7-17(21)18(12-15)28(30)31/h2-7,12H,8-11,13H2,1H3. The Morgan fingerprint density at radius 2 is 1.84 bits per heavy atom. The van der Waals surface area contributed by atoms with E-state index in [1.165, 1.54) is 18.2 Å². The van der Waals surface area contributed by atoms with E-state index in [0.29, 0.717) is 32.7 Å². The molecule has 1 amide bonds. The van der Waals surface area contributed by atoms with Crippen molar-refractivity contribution < 1.29 is 9.72 Å². The highest BCUT2D eigenvalue weighted by Gasteiger charge is 2.25. The number of benzene rings is 2. The fraction of sp³-hybridized carbons (Fsp3) is 0.300. The first-order valence-electron chi connectivity index (χ1n) is 9.72. The minimum absolute atomic E-state index is 0.0117. The highest BCUT2D eigenvalue weighted by atomic mass is 35.5. The summed E-state index contributed by atoms with van der Waals surface area (Å²) >= 11 is 5.84. The van der Waals surface area contributed by atoms with Crippen molar-refractivity contribution in [1.29, 1.82) is 0 Å². The molecule has 0 aliphatic carbocycles. The third-order valence-electron chi connectivity index (χ3n) is 5.23. The van der Waals surface area contributed by atoms with Crippen molar-refractivity contribution >= 4 is 23.2 Å². The molecule has 0 atom stereocenters. The van der Waals surface area contributed by atoms with Gasteiger partial charge in [-0.3, -0.25) is 19.8 Å². The molecule has 0 unspecified atom stereocenters. The van der Waals surface area contributed by atoms with Crippen molar-refractivity contribution in [2.75, 3.05) is 26.2 Å². The van der Waals surface area contributed by atoms with Crippen LogP contribution in [0.25, 0.3) is 5.69 Å². The zero-order chi connectivity index (χ0) is 22.0. The molecule has 2 aromatic carbocycles. The normalized spacial score (nSPS) is 14.6. The van der Waals surface area contributed by atoms with Crippen LogP contribution in [0.15, 0.2) is 42.5 Å². The van der Waals surface area contributed by atoms with Gasteiger partial charge in [0, 0.05) is 37.8 Å². The fourth-order valence-electron chi connectivity index (χ4n) is 3.47. The summed E-state index contributed by atoms with van der Waals surface area (Å²) in [6.07, 6.45) is 0. The van der Waals surface area contributed by atoms with Gasteiger partial charge in [-0.25, -0.2) is 0 Å². The van der Waals surface area contributed by atoms with E-state index in [-0.39, 0.29) is 22.2 Å². The van der Waals surface area contributed by atoms with Gasteiger partial charge in [0.15, 0.2) is 5.82 Å². The van der Waals surface area contributed by atoms with Gasteiger partial charge in [-0.05, 0) is 41.6 Å². The Kier molecular flexibility index (Phi) is 5.92. The number of piperazine rings is 1. The Balaban J connectivity index is 1.39. The lowest BCUT2D eigenvalue weighted by atomic mass is 10.1. The van der Waals surface area contributed by atoms with E-state index in [1.54, 1.807) is 9.58 Å². The van der Waals surface area contributed by atoms with Crippen LogP contribution >= 0.6 is 11.6 Å². The molecule has 1 fully saturated rings. The van der Waals surface area contributed by atoms with E-state index in [9.17, 15) is 14.9 Å². The molecule has 1 aromatic heterocycles. The number of nitro benzene ring substituents is 1. The maximum atomic E-state index is 12.8. The van der Waals surface area contributed by atoms with Crippen LogP contribution < -0.4 is 0 Å². The molecular weight excluding hydrogens is 422 g/mol. The Morgan fingerprint density at radius 3 is 2.52 bits per heavy atom. The van der Waals surface area contributed by atoms with Crippen LogP contribution in [0.4, 0.5) is 5.69 Å². The molecule has 0 bridgehead atoms. The molecular formula is C20H20ClN7O3. The van der Waals surface area contributed by atoms with Crippen LogP contribution in [0.3, 0.4) is 0 Å². The van der Waals surface area contributed by atoms with E-state index in [1.807, 2.05) is 31.2 Å². The SMILES string of the molecule is Cc1ccc(-n2nnnc2CN2CCN(C(=O)c3ccc(Cl)c([N+](=O)[O-])c3)CC2)cc1.